The second-order valence-electron chi connectivity index (χ2n) is 8.74. The number of benzene rings is 1. The van der Waals surface area contributed by atoms with Crippen LogP contribution in [0.1, 0.15) is 48.4 Å². The minimum atomic E-state index is -0.495. The maximum atomic E-state index is 13.6. The fraction of sp³-hybridized carbons (Fsp3) is 0.400. The van der Waals surface area contributed by atoms with E-state index >= 15 is 0 Å². The highest BCUT2D eigenvalue weighted by atomic mass is 32.2. The van der Waals surface area contributed by atoms with Crippen molar-refractivity contribution in [2.24, 2.45) is 0 Å². The molecular formula is C25H28N4O2S. The molecule has 1 aliphatic heterocycles. The zero-order valence-corrected chi connectivity index (χ0v) is 19.3. The van der Waals surface area contributed by atoms with Crippen molar-refractivity contribution in [3.8, 4) is 0 Å². The van der Waals surface area contributed by atoms with Gasteiger partial charge >= 0.3 is 0 Å². The van der Waals surface area contributed by atoms with Crippen LogP contribution in [0.25, 0.3) is 17.0 Å². The van der Waals surface area contributed by atoms with E-state index in [1.54, 1.807) is 22.7 Å². The third-order valence-electron chi connectivity index (χ3n) is 6.67. The molecule has 0 amide bonds. The number of hydrogen-bond donors (Lipinski definition) is 1. The molecule has 6 nitrogen and oxygen atoms in total. The Morgan fingerprint density at radius 2 is 2.06 bits per heavy atom. The Kier molecular flexibility index (Phi) is 5.78. The van der Waals surface area contributed by atoms with Gasteiger partial charge in [-0.25, -0.2) is 9.97 Å². The molecule has 0 bridgehead atoms. The standard InChI is InChI=1S/C25H28N4O2S/c1-28-11-5-6-18-17(12-16-9-10-26-22(13-16)32-2)14-19-23(24(18)28)27-15-29(25(19)31)20-7-3-4-8-21(20)30/h5-6,9-10,13-15,20-21,30H,3-4,7-8,11-12H2,1-2H3. The van der Waals surface area contributed by atoms with Crippen LogP contribution in [-0.4, -0.2) is 45.6 Å². The molecule has 2 atom stereocenters. The first-order valence-corrected chi connectivity index (χ1v) is 12.4. The number of aliphatic hydroxyl groups is 1. The molecule has 7 heteroatoms. The van der Waals surface area contributed by atoms with Crippen LogP contribution in [0.2, 0.25) is 0 Å². The lowest BCUT2D eigenvalue weighted by Crippen LogP contribution is -2.35. The summed E-state index contributed by atoms with van der Waals surface area (Å²) in [6.45, 7) is 0.781. The zero-order chi connectivity index (χ0) is 22.2. The first-order chi connectivity index (χ1) is 15.6. The molecule has 0 saturated heterocycles. The molecule has 0 spiro atoms. The Balaban J connectivity index is 1.68. The Labute approximate surface area is 192 Å². The molecule has 1 aromatic carbocycles. The number of nitrogens with zero attached hydrogens (tertiary/aromatic N) is 4. The van der Waals surface area contributed by atoms with Gasteiger partial charge in [0.25, 0.3) is 5.56 Å². The monoisotopic (exact) mass is 448 g/mol. The number of aromatic nitrogens is 3. The van der Waals surface area contributed by atoms with Crippen LogP contribution in [0.5, 0.6) is 0 Å². The smallest absolute Gasteiger partial charge is 0.261 e. The second kappa shape index (κ2) is 8.71. The van der Waals surface area contributed by atoms with E-state index in [1.807, 2.05) is 31.6 Å². The molecule has 2 unspecified atom stereocenters. The molecule has 2 aromatic heterocycles. The molecule has 1 aliphatic carbocycles. The summed E-state index contributed by atoms with van der Waals surface area (Å²) in [5.74, 6) is 0. The number of aliphatic hydroxyl groups excluding tert-OH is 1. The molecule has 1 saturated carbocycles. The lowest BCUT2D eigenvalue weighted by atomic mass is 9.92. The molecule has 1 N–H and O–H groups in total. The van der Waals surface area contributed by atoms with Gasteiger partial charge in [0.1, 0.15) is 5.52 Å². The summed E-state index contributed by atoms with van der Waals surface area (Å²) in [5, 5.41) is 12.2. The van der Waals surface area contributed by atoms with Crippen molar-refractivity contribution in [1.82, 2.24) is 14.5 Å². The summed E-state index contributed by atoms with van der Waals surface area (Å²) >= 11 is 1.63. The average molecular weight is 449 g/mol. The highest BCUT2D eigenvalue weighted by Crippen LogP contribution is 2.36. The number of hydrogen-bond acceptors (Lipinski definition) is 6. The minimum Gasteiger partial charge on any atom is -0.391 e. The van der Waals surface area contributed by atoms with Crippen molar-refractivity contribution in [1.29, 1.82) is 0 Å². The molecule has 3 heterocycles. The van der Waals surface area contributed by atoms with Crippen molar-refractivity contribution >= 4 is 34.4 Å². The van der Waals surface area contributed by atoms with Gasteiger partial charge in [0.15, 0.2) is 0 Å². The maximum Gasteiger partial charge on any atom is 0.261 e. The third kappa shape index (κ3) is 3.73. The number of likely N-dealkylation sites (N-methyl/N-ethyl adjacent to an activating group) is 1. The fourth-order valence-corrected chi connectivity index (χ4v) is 5.45. The van der Waals surface area contributed by atoms with Crippen molar-refractivity contribution in [3.63, 3.8) is 0 Å². The molecule has 1 fully saturated rings. The van der Waals surface area contributed by atoms with Gasteiger partial charge in [-0.05, 0) is 54.8 Å². The van der Waals surface area contributed by atoms with Crippen molar-refractivity contribution in [2.45, 2.75) is 49.3 Å². The second-order valence-corrected chi connectivity index (χ2v) is 9.56. The molecule has 32 heavy (non-hydrogen) atoms. The Bertz CT molecular complexity index is 1250. The Morgan fingerprint density at radius 1 is 1.22 bits per heavy atom. The van der Waals surface area contributed by atoms with Gasteiger partial charge in [-0.3, -0.25) is 9.36 Å². The summed E-state index contributed by atoms with van der Waals surface area (Å²) in [7, 11) is 2.04. The fourth-order valence-electron chi connectivity index (χ4n) is 5.02. The van der Waals surface area contributed by atoms with Gasteiger partial charge in [0.05, 0.1) is 34.6 Å². The molecular weight excluding hydrogens is 420 g/mol. The summed E-state index contributed by atoms with van der Waals surface area (Å²) in [4.78, 5) is 24.9. The van der Waals surface area contributed by atoms with E-state index in [0.717, 1.165) is 59.6 Å². The zero-order valence-electron chi connectivity index (χ0n) is 18.5. The largest absolute Gasteiger partial charge is 0.391 e. The first-order valence-electron chi connectivity index (χ1n) is 11.2. The lowest BCUT2D eigenvalue weighted by molar-refractivity contribution is 0.0735. The normalized spacial score (nSPS) is 20.5. The molecule has 5 rings (SSSR count). The number of fused-ring (bicyclic) bond motifs is 3. The highest BCUT2D eigenvalue weighted by molar-refractivity contribution is 7.98. The van der Waals surface area contributed by atoms with Crippen molar-refractivity contribution in [3.05, 3.63) is 63.8 Å². The topological polar surface area (TPSA) is 71.2 Å². The predicted molar refractivity (Wildman–Crippen MR) is 131 cm³/mol. The number of rotatable bonds is 4. The number of thioether (sulfide) groups is 1. The van der Waals surface area contributed by atoms with E-state index < -0.39 is 6.10 Å². The van der Waals surface area contributed by atoms with Crippen LogP contribution in [0.15, 0.2) is 46.6 Å². The number of anilines is 1. The van der Waals surface area contributed by atoms with Gasteiger partial charge in [-0.2, -0.15) is 0 Å². The van der Waals surface area contributed by atoms with E-state index in [9.17, 15) is 9.90 Å². The van der Waals surface area contributed by atoms with Gasteiger partial charge in [0.2, 0.25) is 0 Å². The van der Waals surface area contributed by atoms with E-state index in [4.69, 9.17) is 4.98 Å². The molecule has 3 aromatic rings. The highest BCUT2D eigenvalue weighted by Gasteiger charge is 2.27. The van der Waals surface area contributed by atoms with E-state index in [-0.39, 0.29) is 11.6 Å². The van der Waals surface area contributed by atoms with Crippen LogP contribution in [0.4, 0.5) is 5.69 Å². The molecule has 166 valence electrons. The van der Waals surface area contributed by atoms with Crippen LogP contribution in [0, 0.1) is 0 Å². The SMILES string of the molecule is CSc1cc(Cc2cc3c(=O)n(C4CCCCC4O)cnc3c3c2C=CCN3C)ccn1. The van der Waals surface area contributed by atoms with Gasteiger partial charge < -0.3 is 10.0 Å². The maximum absolute atomic E-state index is 13.6. The van der Waals surface area contributed by atoms with Crippen LogP contribution >= 0.6 is 11.8 Å². The van der Waals surface area contributed by atoms with Gasteiger partial charge in [0, 0.05) is 25.4 Å². The van der Waals surface area contributed by atoms with Gasteiger partial charge in [-0.15, -0.1) is 11.8 Å². The predicted octanol–water partition coefficient (Wildman–Crippen LogP) is 4.04. The van der Waals surface area contributed by atoms with Crippen LogP contribution in [0.3, 0.4) is 0 Å². The van der Waals surface area contributed by atoms with Crippen LogP contribution in [-0.2, 0) is 6.42 Å². The Morgan fingerprint density at radius 3 is 2.88 bits per heavy atom. The first kappa shape index (κ1) is 21.2. The summed E-state index contributed by atoms with van der Waals surface area (Å²) < 4.78 is 1.67. The van der Waals surface area contributed by atoms with Crippen molar-refractivity contribution < 1.29 is 5.11 Å². The third-order valence-corrected chi connectivity index (χ3v) is 7.32. The molecule has 2 aliphatic rings. The van der Waals surface area contributed by atoms with E-state index in [0.29, 0.717) is 11.8 Å². The van der Waals surface area contributed by atoms with Gasteiger partial charge in [-0.1, -0.05) is 25.0 Å². The summed E-state index contributed by atoms with van der Waals surface area (Å²) in [5.41, 5.74) is 5.08. The Hall–Kier alpha value is -2.64. The van der Waals surface area contributed by atoms with E-state index in [1.165, 1.54) is 5.56 Å². The van der Waals surface area contributed by atoms with Crippen LogP contribution < -0.4 is 10.5 Å². The van der Waals surface area contributed by atoms with E-state index in [2.05, 4.69) is 28.1 Å². The lowest BCUT2D eigenvalue weighted by Gasteiger charge is -2.30. The number of pyridine rings is 1. The van der Waals surface area contributed by atoms with Crippen molar-refractivity contribution in [2.75, 3.05) is 24.7 Å². The average Bonchev–Trinajstić information content (AvgIpc) is 2.81. The minimum absolute atomic E-state index is 0.0625. The summed E-state index contributed by atoms with van der Waals surface area (Å²) in [6.07, 6.45) is 13.6. The molecule has 0 radical (unpaired) electrons. The summed E-state index contributed by atoms with van der Waals surface area (Å²) in [6, 6.07) is 5.96. The quantitative estimate of drug-likeness (QED) is 0.608.